The number of nitro groups is 1. The van der Waals surface area contributed by atoms with E-state index in [-0.39, 0.29) is 23.7 Å². The van der Waals surface area contributed by atoms with Crippen LogP contribution in [0.25, 0.3) is 17.4 Å². The zero-order chi connectivity index (χ0) is 26.6. The van der Waals surface area contributed by atoms with Gasteiger partial charge in [0.15, 0.2) is 5.17 Å². The monoisotopic (exact) mass is 525 g/mol. The van der Waals surface area contributed by atoms with Crippen LogP contribution in [0.4, 0.5) is 11.4 Å². The standard InChI is InChI=1S/C28H19N3O6S/c32-26-25(16-21-14-15-24(37-21)22-8-4-5-9-23(22)31(35)36)38-28(29-20-6-2-1-3-7-20)30(26)17-18-10-12-19(13-11-18)27(33)34/h1-16H,17H2,(H,33,34). The van der Waals surface area contributed by atoms with Crippen LogP contribution >= 0.6 is 11.8 Å². The van der Waals surface area contributed by atoms with E-state index in [1.54, 1.807) is 48.5 Å². The lowest BCUT2D eigenvalue weighted by atomic mass is 10.1. The number of carboxylic acids is 1. The fourth-order valence-corrected chi connectivity index (χ4v) is 4.80. The van der Waals surface area contributed by atoms with Crippen molar-refractivity contribution in [1.29, 1.82) is 0 Å². The van der Waals surface area contributed by atoms with Gasteiger partial charge in [-0.1, -0.05) is 42.5 Å². The topological polar surface area (TPSA) is 126 Å². The fraction of sp³-hybridized carbons (Fsp3) is 0.0357. The van der Waals surface area contributed by atoms with Crippen LogP contribution in [-0.4, -0.2) is 32.0 Å². The number of amides is 1. The Labute approximate surface area is 220 Å². The van der Waals surface area contributed by atoms with E-state index in [0.29, 0.717) is 32.8 Å². The van der Waals surface area contributed by atoms with E-state index in [2.05, 4.69) is 4.99 Å². The van der Waals surface area contributed by atoms with Crippen LogP contribution in [0.2, 0.25) is 0 Å². The molecule has 0 radical (unpaired) electrons. The highest BCUT2D eigenvalue weighted by atomic mass is 32.2. The number of carbonyl (C=O) groups is 2. The summed E-state index contributed by atoms with van der Waals surface area (Å²) in [6.07, 6.45) is 1.58. The van der Waals surface area contributed by atoms with Crippen molar-refractivity contribution in [2.45, 2.75) is 6.54 Å². The van der Waals surface area contributed by atoms with Gasteiger partial charge in [-0.05, 0) is 59.8 Å². The number of benzene rings is 3. The van der Waals surface area contributed by atoms with Gasteiger partial charge in [-0.2, -0.15) is 0 Å². The highest BCUT2D eigenvalue weighted by Crippen LogP contribution is 2.37. The SMILES string of the molecule is O=C(O)c1ccc(CN2C(=O)C(=Cc3ccc(-c4ccccc4[N+](=O)[O-])o3)SC2=Nc2ccccc2)cc1. The molecule has 1 aliphatic rings. The second kappa shape index (κ2) is 10.6. The summed E-state index contributed by atoms with van der Waals surface area (Å²) in [5.74, 6) is -0.649. The molecule has 5 rings (SSSR count). The van der Waals surface area contributed by atoms with Crippen molar-refractivity contribution in [3.63, 3.8) is 0 Å². The van der Waals surface area contributed by atoms with Crippen molar-refractivity contribution in [3.8, 4) is 11.3 Å². The summed E-state index contributed by atoms with van der Waals surface area (Å²) < 4.78 is 5.85. The van der Waals surface area contributed by atoms with Crippen LogP contribution in [0.3, 0.4) is 0 Å². The minimum atomic E-state index is -1.03. The predicted molar refractivity (Wildman–Crippen MR) is 144 cm³/mol. The van der Waals surface area contributed by atoms with Crippen molar-refractivity contribution in [2.75, 3.05) is 0 Å². The van der Waals surface area contributed by atoms with Gasteiger partial charge in [-0.25, -0.2) is 9.79 Å². The van der Waals surface area contributed by atoms with Crippen molar-refractivity contribution in [2.24, 2.45) is 4.99 Å². The molecular formula is C28H19N3O6S. The van der Waals surface area contributed by atoms with Gasteiger partial charge < -0.3 is 9.52 Å². The van der Waals surface area contributed by atoms with Crippen LogP contribution < -0.4 is 0 Å². The lowest BCUT2D eigenvalue weighted by Gasteiger charge is -2.16. The number of aromatic carboxylic acids is 1. The molecule has 4 aromatic rings. The Morgan fingerprint density at radius 3 is 2.42 bits per heavy atom. The molecule has 1 fully saturated rings. The molecule has 1 aliphatic heterocycles. The van der Waals surface area contributed by atoms with Crippen LogP contribution in [-0.2, 0) is 11.3 Å². The molecular weight excluding hydrogens is 506 g/mol. The molecule has 0 aliphatic carbocycles. The van der Waals surface area contributed by atoms with Gasteiger partial charge in [-0.15, -0.1) is 0 Å². The molecule has 0 bridgehead atoms. The average Bonchev–Trinajstić information content (AvgIpc) is 3.50. The minimum Gasteiger partial charge on any atom is -0.478 e. The zero-order valence-electron chi connectivity index (χ0n) is 19.7. The van der Waals surface area contributed by atoms with Crippen molar-refractivity contribution in [3.05, 3.63) is 123 Å². The molecule has 0 atom stereocenters. The van der Waals surface area contributed by atoms with Gasteiger partial charge in [0.25, 0.3) is 11.6 Å². The number of rotatable bonds is 7. The summed E-state index contributed by atoms with van der Waals surface area (Å²) in [6, 6.07) is 25.1. The molecule has 0 spiro atoms. The number of hydrogen-bond acceptors (Lipinski definition) is 7. The van der Waals surface area contributed by atoms with Crippen LogP contribution in [0.5, 0.6) is 0 Å². The quantitative estimate of drug-likeness (QED) is 0.169. The van der Waals surface area contributed by atoms with Crippen molar-refractivity contribution < 1.29 is 24.0 Å². The Morgan fingerprint density at radius 1 is 1.00 bits per heavy atom. The summed E-state index contributed by atoms with van der Waals surface area (Å²) in [4.78, 5) is 42.1. The molecule has 38 heavy (non-hydrogen) atoms. The number of amidine groups is 1. The number of hydrogen-bond donors (Lipinski definition) is 1. The summed E-state index contributed by atoms with van der Waals surface area (Å²) in [6.45, 7) is 0.189. The number of nitro benzene ring substituents is 1. The van der Waals surface area contributed by atoms with E-state index < -0.39 is 10.9 Å². The van der Waals surface area contributed by atoms with E-state index >= 15 is 0 Å². The lowest BCUT2D eigenvalue weighted by Crippen LogP contribution is -2.28. The van der Waals surface area contributed by atoms with E-state index in [0.717, 1.165) is 5.56 Å². The smallest absolute Gasteiger partial charge is 0.335 e. The molecule has 0 unspecified atom stereocenters. The largest absolute Gasteiger partial charge is 0.478 e. The normalized spacial score (nSPS) is 15.4. The molecule has 2 heterocycles. The molecule has 9 nitrogen and oxygen atoms in total. The Kier molecular flexibility index (Phi) is 6.88. The maximum atomic E-state index is 13.4. The van der Waals surface area contributed by atoms with Gasteiger partial charge in [0.2, 0.25) is 0 Å². The van der Waals surface area contributed by atoms with Gasteiger partial charge in [-0.3, -0.25) is 19.8 Å². The molecule has 3 aromatic carbocycles. The Hall–Kier alpha value is -4.96. The first-order valence-corrected chi connectivity index (χ1v) is 12.2. The van der Waals surface area contributed by atoms with E-state index in [1.165, 1.54) is 34.9 Å². The predicted octanol–water partition coefficient (Wildman–Crippen LogP) is 6.36. The summed E-state index contributed by atoms with van der Waals surface area (Å²) >= 11 is 1.18. The molecule has 10 heteroatoms. The van der Waals surface area contributed by atoms with Crippen LogP contribution in [0.1, 0.15) is 21.7 Å². The van der Waals surface area contributed by atoms with Crippen molar-refractivity contribution in [1.82, 2.24) is 4.90 Å². The fourth-order valence-electron chi connectivity index (χ4n) is 3.82. The summed E-state index contributed by atoms with van der Waals surface area (Å²) in [5.41, 5.74) is 1.83. The zero-order valence-corrected chi connectivity index (χ0v) is 20.5. The molecule has 1 aromatic heterocycles. The number of carboxylic acid groups (broad SMARTS) is 1. The highest BCUT2D eigenvalue weighted by molar-refractivity contribution is 8.18. The third-order valence-corrected chi connectivity index (χ3v) is 6.68. The molecule has 1 saturated heterocycles. The van der Waals surface area contributed by atoms with Gasteiger partial charge in [0.05, 0.1) is 33.2 Å². The third-order valence-electron chi connectivity index (χ3n) is 5.68. The maximum Gasteiger partial charge on any atom is 0.335 e. The maximum absolute atomic E-state index is 13.4. The Bertz CT molecular complexity index is 1590. The second-order valence-electron chi connectivity index (χ2n) is 8.21. The number of aliphatic imine (C=N–C) groups is 1. The highest BCUT2D eigenvalue weighted by Gasteiger charge is 2.34. The van der Waals surface area contributed by atoms with Crippen molar-refractivity contribution >= 4 is 46.3 Å². The minimum absolute atomic E-state index is 0.0789. The van der Waals surface area contributed by atoms with E-state index in [1.807, 2.05) is 30.3 Å². The van der Waals surface area contributed by atoms with E-state index in [4.69, 9.17) is 9.52 Å². The number of nitrogens with zero attached hydrogens (tertiary/aromatic N) is 3. The van der Waals surface area contributed by atoms with Gasteiger partial charge in [0, 0.05) is 12.1 Å². The summed E-state index contributed by atoms with van der Waals surface area (Å²) in [7, 11) is 0. The molecule has 0 saturated carbocycles. The Morgan fingerprint density at radius 2 is 1.71 bits per heavy atom. The first-order chi connectivity index (χ1) is 18.4. The number of furan rings is 1. The lowest BCUT2D eigenvalue weighted by molar-refractivity contribution is -0.384. The number of para-hydroxylation sites is 2. The number of carbonyl (C=O) groups excluding carboxylic acids is 1. The van der Waals surface area contributed by atoms with Gasteiger partial charge in [0.1, 0.15) is 11.5 Å². The second-order valence-corrected chi connectivity index (χ2v) is 9.22. The average molecular weight is 526 g/mol. The molecule has 1 N–H and O–H groups in total. The van der Waals surface area contributed by atoms with E-state index in [9.17, 15) is 19.7 Å². The molecule has 188 valence electrons. The van der Waals surface area contributed by atoms with Crippen LogP contribution in [0, 0.1) is 10.1 Å². The molecule has 1 amide bonds. The number of thioether (sulfide) groups is 1. The van der Waals surface area contributed by atoms with Crippen LogP contribution in [0.15, 0.2) is 105 Å². The Balaban J connectivity index is 1.46. The van der Waals surface area contributed by atoms with Gasteiger partial charge >= 0.3 is 5.97 Å². The summed E-state index contributed by atoms with van der Waals surface area (Å²) in [5, 5.41) is 21.0. The first kappa shape index (κ1) is 24.7. The first-order valence-electron chi connectivity index (χ1n) is 11.4. The third kappa shape index (κ3) is 5.25.